The predicted octanol–water partition coefficient (Wildman–Crippen LogP) is 2.23. The third-order valence-electron chi connectivity index (χ3n) is 3.84. The Kier molecular flexibility index (Phi) is 4.96. The van der Waals surface area contributed by atoms with Gasteiger partial charge in [-0.1, -0.05) is 11.6 Å². The SMILES string of the molecule is Cn1ccn(CN2CCN(S(=O)(=O)c3ccc(Cl)s3)CC2)c1=S. The Morgan fingerprint density at radius 2 is 1.91 bits per heavy atom. The Morgan fingerprint density at radius 3 is 2.43 bits per heavy atom. The van der Waals surface area contributed by atoms with E-state index in [9.17, 15) is 8.42 Å². The van der Waals surface area contributed by atoms with Gasteiger partial charge < -0.3 is 9.13 Å². The molecule has 1 aliphatic heterocycles. The van der Waals surface area contributed by atoms with Crippen molar-refractivity contribution in [3.05, 3.63) is 33.6 Å². The third kappa shape index (κ3) is 3.54. The Morgan fingerprint density at radius 1 is 1.22 bits per heavy atom. The molecule has 1 aliphatic rings. The molecule has 2 aromatic heterocycles. The number of nitrogens with zero attached hydrogens (tertiary/aromatic N) is 4. The number of sulfonamides is 1. The lowest BCUT2D eigenvalue weighted by Crippen LogP contribution is -2.48. The maximum absolute atomic E-state index is 12.6. The molecule has 1 saturated heterocycles. The Labute approximate surface area is 149 Å². The van der Waals surface area contributed by atoms with Gasteiger partial charge in [-0.3, -0.25) is 4.90 Å². The first-order valence-corrected chi connectivity index (χ1v) is 10.1. The molecule has 0 bridgehead atoms. The average molecular weight is 393 g/mol. The van der Waals surface area contributed by atoms with Crippen LogP contribution in [0.1, 0.15) is 0 Å². The van der Waals surface area contributed by atoms with Crippen LogP contribution in [0.3, 0.4) is 0 Å². The van der Waals surface area contributed by atoms with E-state index in [2.05, 4.69) is 4.90 Å². The molecule has 126 valence electrons. The molecule has 0 aromatic carbocycles. The molecular formula is C13H17ClN4O2S3. The molecule has 0 spiro atoms. The second-order valence-electron chi connectivity index (χ2n) is 5.38. The zero-order valence-electron chi connectivity index (χ0n) is 12.6. The van der Waals surface area contributed by atoms with Crippen LogP contribution >= 0.6 is 35.2 Å². The van der Waals surface area contributed by atoms with E-state index in [1.165, 1.54) is 4.31 Å². The van der Waals surface area contributed by atoms with Gasteiger partial charge in [0, 0.05) is 45.6 Å². The maximum atomic E-state index is 12.6. The van der Waals surface area contributed by atoms with Crippen molar-refractivity contribution >= 4 is 45.2 Å². The van der Waals surface area contributed by atoms with Gasteiger partial charge in [0.1, 0.15) is 4.21 Å². The second kappa shape index (κ2) is 6.66. The van der Waals surface area contributed by atoms with Gasteiger partial charge in [-0.2, -0.15) is 4.31 Å². The van der Waals surface area contributed by atoms with Crippen molar-refractivity contribution in [3.8, 4) is 0 Å². The predicted molar refractivity (Wildman–Crippen MR) is 93.9 cm³/mol. The highest BCUT2D eigenvalue weighted by Gasteiger charge is 2.29. The fourth-order valence-electron chi connectivity index (χ4n) is 2.51. The average Bonchev–Trinajstić information content (AvgIpc) is 3.09. The number of thiophene rings is 1. The molecular weight excluding hydrogens is 376 g/mol. The highest BCUT2D eigenvalue weighted by Crippen LogP contribution is 2.28. The maximum Gasteiger partial charge on any atom is 0.252 e. The fourth-order valence-corrected chi connectivity index (χ4v) is 5.75. The minimum Gasteiger partial charge on any atom is -0.327 e. The highest BCUT2D eigenvalue weighted by atomic mass is 35.5. The van der Waals surface area contributed by atoms with Crippen molar-refractivity contribution in [2.45, 2.75) is 10.9 Å². The number of piperazine rings is 1. The summed E-state index contributed by atoms with van der Waals surface area (Å²) in [5.74, 6) is 0. The van der Waals surface area contributed by atoms with Gasteiger partial charge in [0.25, 0.3) is 10.0 Å². The van der Waals surface area contributed by atoms with Crippen LogP contribution in [-0.2, 0) is 23.7 Å². The first kappa shape index (κ1) is 17.1. The first-order valence-electron chi connectivity index (χ1n) is 7.07. The van der Waals surface area contributed by atoms with Crippen LogP contribution in [0.5, 0.6) is 0 Å². The van der Waals surface area contributed by atoms with Gasteiger partial charge in [-0.15, -0.1) is 11.3 Å². The summed E-state index contributed by atoms with van der Waals surface area (Å²) in [6.45, 7) is 2.97. The Hall–Kier alpha value is -0.710. The van der Waals surface area contributed by atoms with E-state index in [0.717, 1.165) is 16.1 Å². The van der Waals surface area contributed by atoms with E-state index in [1.54, 1.807) is 12.1 Å². The molecule has 0 N–H and O–H groups in total. The van der Waals surface area contributed by atoms with Crippen molar-refractivity contribution in [1.29, 1.82) is 0 Å². The van der Waals surface area contributed by atoms with E-state index in [1.807, 2.05) is 28.6 Å². The molecule has 0 amide bonds. The quantitative estimate of drug-likeness (QED) is 0.749. The second-order valence-corrected chi connectivity index (χ2v) is 9.63. The van der Waals surface area contributed by atoms with Crippen LogP contribution in [0.2, 0.25) is 4.34 Å². The zero-order valence-corrected chi connectivity index (χ0v) is 15.8. The summed E-state index contributed by atoms with van der Waals surface area (Å²) in [6, 6.07) is 3.19. The van der Waals surface area contributed by atoms with E-state index < -0.39 is 10.0 Å². The molecule has 2 aromatic rings. The summed E-state index contributed by atoms with van der Waals surface area (Å²) < 4.78 is 32.1. The summed E-state index contributed by atoms with van der Waals surface area (Å²) in [7, 11) is -1.52. The zero-order chi connectivity index (χ0) is 16.6. The van der Waals surface area contributed by atoms with Gasteiger partial charge >= 0.3 is 0 Å². The minimum atomic E-state index is -3.43. The lowest BCUT2D eigenvalue weighted by molar-refractivity contribution is 0.151. The van der Waals surface area contributed by atoms with Gasteiger partial charge in [-0.25, -0.2) is 8.42 Å². The summed E-state index contributed by atoms with van der Waals surface area (Å²) >= 11 is 12.3. The molecule has 10 heteroatoms. The smallest absolute Gasteiger partial charge is 0.252 e. The first-order chi connectivity index (χ1) is 10.9. The third-order valence-corrected chi connectivity index (χ3v) is 7.96. The number of imidazole rings is 1. The summed E-state index contributed by atoms with van der Waals surface area (Å²) in [6.07, 6.45) is 3.86. The van der Waals surface area contributed by atoms with Gasteiger partial charge in [0.15, 0.2) is 4.77 Å². The number of aryl methyl sites for hydroxylation is 1. The highest BCUT2D eigenvalue weighted by molar-refractivity contribution is 7.91. The van der Waals surface area contributed by atoms with Crippen molar-refractivity contribution < 1.29 is 8.42 Å². The number of halogens is 1. The number of aromatic nitrogens is 2. The molecule has 0 saturated carbocycles. The van der Waals surface area contributed by atoms with Crippen molar-refractivity contribution in [1.82, 2.24) is 18.3 Å². The lowest BCUT2D eigenvalue weighted by Gasteiger charge is -2.33. The van der Waals surface area contributed by atoms with E-state index in [4.69, 9.17) is 23.8 Å². The van der Waals surface area contributed by atoms with Crippen LogP contribution in [-0.4, -0.2) is 52.9 Å². The molecule has 3 heterocycles. The van der Waals surface area contributed by atoms with Crippen LogP contribution in [0.4, 0.5) is 0 Å². The van der Waals surface area contributed by atoms with Gasteiger partial charge in [-0.05, 0) is 24.4 Å². The van der Waals surface area contributed by atoms with Crippen molar-refractivity contribution in [3.63, 3.8) is 0 Å². The number of hydrogen-bond donors (Lipinski definition) is 0. The fraction of sp³-hybridized carbons (Fsp3) is 0.462. The van der Waals surface area contributed by atoms with E-state index in [-0.39, 0.29) is 0 Å². The standard InChI is InChI=1S/C13H17ClN4O2S3/c1-15-4-7-17(13(15)21)10-16-5-8-18(9-6-16)23(19,20)12-3-2-11(14)22-12/h2-4,7H,5-6,8-10H2,1H3. The van der Waals surface area contributed by atoms with Crippen molar-refractivity contribution in [2.24, 2.45) is 7.05 Å². The minimum absolute atomic E-state index is 0.307. The number of rotatable bonds is 4. The van der Waals surface area contributed by atoms with E-state index >= 15 is 0 Å². The molecule has 1 fully saturated rings. The molecule has 0 atom stereocenters. The molecule has 0 unspecified atom stereocenters. The molecule has 23 heavy (non-hydrogen) atoms. The molecule has 3 rings (SSSR count). The Balaban J connectivity index is 1.64. The molecule has 0 radical (unpaired) electrons. The van der Waals surface area contributed by atoms with E-state index in [0.29, 0.717) is 41.4 Å². The van der Waals surface area contributed by atoms with Gasteiger partial charge in [0.05, 0.1) is 11.0 Å². The monoisotopic (exact) mass is 392 g/mol. The van der Waals surface area contributed by atoms with Crippen LogP contribution < -0.4 is 0 Å². The largest absolute Gasteiger partial charge is 0.327 e. The summed E-state index contributed by atoms with van der Waals surface area (Å²) in [5, 5.41) is 0. The normalized spacial score (nSPS) is 17.7. The molecule has 6 nitrogen and oxygen atoms in total. The van der Waals surface area contributed by atoms with Crippen LogP contribution in [0.25, 0.3) is 0 Å². The van der Waals surface area contributed by atoms with Gasteiger partial charge in [0.2, 0.25) is 0 Å². The van der Waals surface area contributed by atoms with Crippen molar-refractivity contribution in [2.75, 3.05) is 26.2 Å². The topological polar surface area (TPSA) is 50.5 Å². The summed E-state index contributed by atoms with van der Waals surface area (Å²) in [5.41, 5.74) is 0. The lowest BCUT2D eigenvalue weighted by atomic mass is 10.4. The van der Waals surface area contributed by atoms with Crippen LogP contribution in [0.15, 0.2) is 28.7 Å². The van der Waals surface area contributed by atoms with Crippen LogP contribution in [0, 0.1) is 4.77 Å². The number of hydrogen-bond acceptors (Lipinski definition) is 5. The summed E-state index contributed by atoms with van der Waals surface area (Å²) in [4.78, 5) is 2.20. The Bertz CT molecular complexity index is 847. The molecule has 0 aliphatic carbocycles.